The number of hydrogen-bond acceptors (Lipinski definition) is 7. The van der Waals surface area contributed by atoms with E-state index in [-0.39, 0.29) is 11.6 Å². The fourth-order valence-electron chi connectivity index (χ4n) is 1.60. The number of ether oxygens (including phenoxy) is 1. The van der Waals surface area contributed by atoms with Crippen molar-refractivity contribution in [2.75, 3.05) is 11.9 Å². The number of carboxylic acid groups (broad SMARTS) is 1. The maximum Gasteiger partial charge on any atom is 0.330 e. The lowest BCUT2D eigenvalue weighted by Gasteiger charge is -2.06. The standard InChI is InChI=1S/C12H16BrN5O4/c1-3-8(12(19)20)18-15-11(14-17-18)9-4-10(16-22-9)21-6-7(2)5-13/h4,7-8H,3,5-6H2,1-2H3,(H,19,20)/t7-,8?/m0/s1. The number of rotatable bonds is 8. The Labute approximate surface area is 134 Å². The number of aromatic nitrogens is 5. The Morgan fingerprint density at radius 1 is 1.59 bits per heavy atom. The van der Waals surface area contributed by atoms with Crippen LogP contribution in [0.25, 0.3) is 11.6 Å². The van der Waals surface area contributed by atoms with Gasteiger partial charge in [0.15, 0.2) is 6.04 Å². The summed E-state index contributed by atoms with van der Waals surface area (Å²) in [6.07, 6.45) is 0.348. The zero-order valence-corrected chi connectivity index (χ0v) is 13.7. The first-order valence-electron chi connectivity index (χ1n) is 6.73. The highest BCUT2D eigenvalue weighted by atomic mass is 79.9. The van der Waals surface area contributed by atoms with Crippen LogP contribution in [0.1, 0.15) is 26.3 Å². The summed E-state index contributed by atoms with van der Waals surface area (Å²) < 4.78 is 10.6. The van der Waals surface area contributed by atoms with Gasteiger partial charge in [-0.2, -0.15) is 0 Å². The van der Waals surface area contributed by atoms with Crippen LogP contribution in [0.15, 0.2) is 10.6 Å². The maximum atomic E-state index is 11.1. The molecule has 0 saturated heterocycles. The fourth-order valence-corrected chi connectivity index (χ4v) is 1.78. The summed E-state index contributed by atoms with van der Waals surface area (Å²) in [5.74, 6) is 0.0739. The van der Waals surface area contributed by atoms with Crippen molar-refractivity contribution in [1.29, 1.82) is 0 Å². The molecular weight excluding hydrogens is 358 g/mol. The molecule has 0 radical (unpaired) electrons. The number of aliphatic carboxylic acids is 1. The monoisotopic (exact) mass is 373 g/mol. The summed E-state index contributed by atoms with van der Waals surface area (Å²) in [5, 5.41) is 25.2. The molecule has 1 N–H and O–H groups in total. The molecule has 10 heteroatoms. The molecular formula is C12H16BrN5O4. The van der Waals surface area contributed by atoms with Crippen molar-refractivity contribution in [3.8, 4) is 17.5 Å². The minimum absolute atomic E-state index is 0.163. The quantitative estimate of drug-likeness (QED) is 0.695. The first-order chi connectivity index (χ1) is 10.5. The number of tetrazole rings is 1. The first kappa shape index (κ1) is 16.4. The third-order valence-corrected chi connectivity index (χ3v) is 3.97. The van der Waals surface area contributed by atoms with Gasteiger partial charge in [0.2, 0.25) is 11.6 Å². The van der Waals surface area contributed by atoms with Crippen LogP contribution < -0.4 is 4.74 Å². The molecule has 1 unspecified atom stereocenters. The van der Waals surface area contributed by atoms with Crippen LogP contribution in [0.3, 0.4) is 0 Å². The van der Waals surface area contributed by atoms with Crippen LogP contribution in [-0.4, -0.2) is 48.4 Å². The molecule has 9 nitrogen and oxygen atoms in total. The Morgan fingerprint density at radius 3 is 3.00 bits per heavy atom. The lowest BCUT2D eigenvalue weighted by atomic mass is 10.2. The van der Waals surface area contributed by atoms with E-state index in [4.69, 9.17) is 14.4 Å². The molecule has 0 bridgehead atoms. The first-order valence-corrected chi connectivity index (χ1v) is 7.85. The van der Waals surface area contributed by atoms with Gasteiger partial charge in [0, 0.05) is 5.33 Å². The summed E-state index contributed by atoms with van der Waals surface area (Å²) in [6, 6.07) is 0.684. The minimum atomic E-state index is -1.02. The van der Waals surface area contributed by atoms with Crippen LogP contribution in [0.2, 0.25) is 0 Å². The highest BCUT2D eigenvalue weighted by molar-refractivity contribution is 9.09. The van der Waals surface area contributed by atoms with Gasteiger partial charge < -0.3 is 14.4 Å². The summed E-state index contributed by atoms with van der Waals surface area (Å²) in [7, 11) is 0. The van der Waals surface area contributed by atoms with E-state index in [1.807, 2.05) is 6.92 Å². The van der Waals surface area contributed by atoms with Gasteiger partial charge in [-0.05, 0) is 22.7 Å². The molecule has 2 aromatic heterocycles. The maximum absolute atomic E-state index is 11.1. The lowest BCUT2D eigenvalue weighted by molar-refractivity contribution is -0.141. The molecule has 0 aliphatic rings. The molecule has 2 atom stereocenters. The molecule has 0 saturated carbocycles. The van der Waals surface area contributed by atoms with E-state index in [0.717, 1.165) is 10.1 Å². The Balaban J connectivity index is 2.08. The second-order valence-electron chi connectivity index (χ2n) is 4.80. The molecule has 0 spiro atoms. The second kappa shape index (κ2) is 7.34. The van der Waals surface area contributed by atoms with Crippen LogP contribution in [0.4, 0.5) is 0 Å². The predicted octanol–water partition coefficient (Wildman–Crippen LogP) is 1.77. The van der Waals surface area contributed by atoms with Gasteiger partial charge in [0.25, 0.3) is 5.88 Å². The van der Waals surface area contributed by atoms with Gasteiger partial charge in [0.05, 0.1) is 12.7 Å². The van der Waals surface area contributed by atoms with Crippen LogP contribution >= 0.6 is 15.9 Å². The van der Waals surface area contributed by atoms with Gasteiger partial charge in [-0.25, -0.2) is 4.79 Å². The van der Waals surface area contributed by atoms with E-state index in [0.29, 0.717) is 24.8 Å². The minimum Gasteiger partial charge on any atom is -0.480 e. The van der Waals surface area contributed by atoms with E-state index >= 15 is 0 Å². The SMILES string of the molecule is CCC(C(=O)O)n1nnc(-c2cc(OC[C@@H](C)CBr)no2)n1. The van der Waals surface area contributed by atoms with E-state index in [1.54, 1.807) is 13.0 Å². The third-order valence-electron chi connectivity index (χ3n) is 2.87. The predicted molar refractivity (Wildman–Crippen MR) is 78.7 cm³/mol. The van der Waals surface area contributed by atoms with Crippen LogP contribution in [0, 0.1) is 5.92 Å². The van der Waals surface area contributed by atoms with Crippen molar-refractivity contribution in [2.24, 2.45) is 5.92 Å². The summed E-state index contributed by atoms with van der Waals surface area (Å²) >= 11 is 3.36. The van der Waals surface area contributed by atoms with Gasteiger partial charge >= 0.3 is 5.97 Å². The zero-order chi connectivity index (χ0) is 16.1. The van der Waals surface area contributed by atoms with Crippen molar-refractivity contribution in [3.05, 3.63) is 6.07 Å². The number of alkyl halides is 1. The molecule has 0 aliphatic carbocycles. The summed E-state index contributed by atoms with van der Waals surface area (Å²) in [5.41, 5.74) is 0. The van der Waals surface area contributed by atoms with Crippen LogP contribution in [-0.2, 0) is 4.79 Å². The second-order valence-corrected chi connectivity index (χ2v) is 5.44. The van der Waals surface area contributed by atoms with Gasteiger partial charge in [-0.15, -0.1) is 15.0 Å². The Hall–Kier alpha value is -1.97. The molecule has 0 amide bonds. The molecule has 2 aromatic rings. The third kappa shape index (κ3) is 3.81. The topological polar surface area (TPSA) is 116 Å². The van der Waals surface area contributed by atoms with E-state index < -0.39 is 12.0 Å². The largest absolute Gasteiger partial charge is 0.480 e. The van der Waals surface area contributed by atoms with Gasteiger partial charge in [-0.3, -0.25) is 0 Å². The van der Waals surface area contributed by atoms with Gasteiger partial charge in [-0.1, -0.05) is 29.8 Å². The molecule has 2 rings (SSSR count). The van der Waals surface area contributed by atoms with E-state index in [9.17, 15) is 4.79 Å². The molecule has 120 valence electrons. The lowest BCUT2D eigenvalue weighted by Crippen LogP contribution is -2.20. The summed E-state index contributed by atoms with van der Waals surface area (Å²) in [4.78, 5) is 12.1. The van der Waals surface area contributed by atoms with E-state index in [1.165, 1.54) is 0 Å². The number of halogens is 1. The number of hydrogen-bond donors (Lipinski definition) is 1. The molecule has 0 fully saturated rings. The normalized spacial score (nSPS) is 13.8. The molecule has 0 aliphatic heterocycles. The summed E-state index contributed by atoms with van der Waals surface area (Å²) in [6.45, 7) is 4.25. The average Bonchev–Trinajstić information content (AvgIpc) is 3.14. The molecule has 22 heavy (non-hydrogen) atoms. The van der Waals surface area contributed by atoms with Crippen LogP contribution in [0.5, 0.6) is 5.88 Å². The van der Waals surface area contributed by atoms with Crippen molar-refractivity contribution < 1.29 is 19.2 Å². The molecule has 0 aromatic carbocycles. The van der Waals surface area contributed by atoms with Gasteiger partial charge in [0.1, 0.15) is 0 Å². The number of carbonyl (C=O) groups is 1. The van der Waals surface area contributed by atoms with Crippen molar-refractivity contribution in [1.82, 2.24) is 25.4 Å². The fraction of sp³-hybridized carbons (Fsp3) is 0.583. The van der Waals surface area contributed by atoms with Crippen molar-refractivity contribution in [3.63, 3.8) is 0 Å². The number of carboxylic acids is 1. The highest BCUT2D eigenvalue weighted by Gasteiger charge is 2.22. The zero-order valence-electron chi connectivity index (χ0n) is 12.1. The average molecular weight is 374 g/mol. The highest BCUT2D eigenvalue weighted by Crippen LogP contribution is 2.21. The Kier molecular flexibility index (Phi) is 5.47. The van der Waals surface area contributed by atoms with Crippen molar-refractivity contribution >= 4 is 21.9 Å². The Bertz CT molecular complexity index is 629. The number of nitrogens with zero attached hydrogens (tertiary/aromatic N) is 5. The Morgan fingerprint density at radius 2 is 2.36 bits per heavy atom. The van der Waals surface area contributed by atoms with Crippen molar-refractivity contribution in [2.45, 2.75) is 26.3 Å². The van der Waals surface area contributed by atoms with E-state index in [2.05, 4.69) is 36.5 Å². The molecule has 2 heterocycles. The smallest absolute Gasteiger partial charge is 0.330 e.